The van der Waals surface area contributed by atoms with Crippen molar-refractivity contribution in [1.82, 2.24) is 0 Å². The summed E-state index contributed by atoms with van der Waals surface area (Å²) in [6, 6.07) is 10.00. The number of hydrogen-bond donors (Lipinski definition) is 1. The van der Waals surface area contributed by atoms with Crippen LogP contribution in [0.4, 0.5) is 5.69 Å². The lowest BCUT2D eigenvalue weighted by Crippen LogP contribution is -2.05. The Labute approximate surface area is 103 Å². The van der Waals surface area contributed by atoms with Crippen molar-refractivity contribution in [3.8, 4) is 0 Å². The Morgan fingerprint density at radius 3 is 2.47 bits per heavy atom. The van der Waals surface area contributed by atoms with Crippen molar-refractivity contribution in [2.24, 2.45) is 0 Å². The molecule has 1 aromatic carbocycles. The molecule has 0 heterocycles. The SMILES string of the molecule is CS(=O)(=O)OCCCCCNc1ccccc1. The van der Waals surface area contributed by atoms with E-state index in [2.05, 4.69) is 9.50 Å². The first-order valence-electron chi connectivity index (χ1n) is 5.71. The summed E-state index contributed by atoms with van der Waals surface area (Å²) in [6.45, 7) is 1.17. The van der Waals surface area contributed by atoms with Gasteiger partial charge in [0.25, 0.3) is 10.1 Å². The molecule has 0 spiro atoms. The van der Waals surface area contributed by atoms with Gasteiger partial charge >= 0.3 is 0 Å². The third-order valence-electron chi connectivity index (χ3n) is 2.22. The highest BCUT2D eigenvalue weighted by molar-refractivity contribution is 7.85. The lowest BCUT2D eigenvalue weighted by Gasteiger charge is -2.05. The van der Waals surface area contributed by atoms with E-state index in [0.717, 1.165) is 37.8 Å². The summed E-state index contributed by atoms with van der Waals surface area (Å²) < 4.78 is 26.0. The maximum absolute atomic E-state index is 10.7. The highest BCUT2D eigenvalue weighted by Crippen LogP contribution is 2.05. The molecular weight excluding hydrogens is 238 g/mol. The molecule has 1 aromatic rings. The molecule has 0 fully saturated rings. The topological polar surface area (TPSA) is 55.4 Å². The van der Waals surface area contributed by atoms with Gasteiger partial charge in [-0.2, -0.15) is 8.42 Å². The molecular formula is C12H19NO3S. The Bertz CT molecular complexity index is 403. The van der Waals surface area contributed by atoms with Gasteiger partial charge in [-0.15, -0.1) is 0 Å². The molecule has 0 saturated carbocycles. The zero-order valence-electron chi connectivity index (χ0n) is 10.1. The van der Waals surface area contributed by atoms with Crippen molar-refractivity contribution < 1.29 is 12.6 Å². The molecule has 1 rings (SSSR count). The number of anilines is 1. The van der Waals surface area contributed by atoms with Gasteiger partial charge in [0.2, 0.25) is 0 Å². The Kier molecular flexibility index (Phi) is 6.00. The summed E-state index contributed by atoms with van der Waals surface area (Å²) in [5, 5.41) is 3.29. The molecule has 0 unspecified atom stereocenters. The number of benzene rings is 1. The standard InChI is InChI=1S/C12H19NO3S/c1-17(14,15)16-11-7-3-6-10-13-12-8-4-2-5-9-12/h2,4-5,8-9,13H,3,6-7,10-11H2,1H3. The zero-order chi connectivity index (χ0) is 12.6. The van der Waals surface area contributed by atoms with E-state index < -0.39 is 10.1 Å². The minimum absolute atomic E-state index is 0.282. The first-order chi connectivity index (χ1) is 8.08. The van der Waals surface area contributed by atoms with E-state index in [1.807, 2.05) is 30.3 Å². The van der Waals surface area contributed by atoms with Gasteiger partial charge in [0.1, 0.15) is 0 Å². The largest absolute Gasteiger partial charge is 0.385 e. The molecule has 4 nitrogen and oxygen atoms in total. The number of rotatable bonds is 8. The molecule has 17 heavy (non-hydrogen) atoms. The summed E-state index contributed by atoms with van der Waals surface area (Å²) in [5.41, 5.74) is 1.11. The summed E-state index contributed by atoms with van der Waals surface area (Å²) in [7, 11) is -3.28. The van der Waals surface area contributed by atoms with Crippen molar-refractivity contribution >= 4 is 15.8 Å². The van der Waals surface area contributed by atoms with Crippen LogP contribution in [0.3, 0.4) is 0 Å². The quantitative estimate of drug-likeness (QED) is 0.573. The van der Waals surface area contributed by atoms with Crippen LogP contribution < -0.4 is 5.32 Å². The summed E-state index contributed by atoms with van der Waals surface area (Å²) in [5.74, 6) is 0. The molecule has 5 heteroatoms. The number of nitrogens with one attached hydrogen (secondary N) is 1. The van der Waals surface area contributed by atoms with E-state index in [4.69, 9.17) is 0 Å². The monoisotopic (exact) mass is 257 g/mol. The molecule has 1 N–H and O–H groups in total. The van der Waals surface area contributed by atoms with E-state index in [0.29, 0.717) is 0 Å². The van der Waals surface area contributed by atoms with Crippen LogP contribution in [0.5, 0.6) is 0 Å². The molecule has 0 aliphatic rings. The van der Waals surface area contributed by atoms with Crippen LogP contribution >= 0.6 is 0 Å². The molecule has 0 saturated heterocycles. The van der Waals surface area contributed by atoms with Gasteiger partial charge in [-0.1, -0.05) is 18.2 Å². The zero-order valence-corrected chi connectivity index (χ0v) is 10.9. The van der Waals surface area contributed by atoms with E-state index >= 15 is 0 Å². The molecule has 0 amide bonds. The third-order valence-corrected chi connectivity index (χ3v) is 2.82. The van der Waals surface area contributed by atoms with Crippen LogP contribution in [0.2, 0.25) is 0 Å². The first-order valence-corrected chi connectivity index (χ1v) is 7.53. The maximum Gasteiger partial charge on any atom is 0.264 e. The maximum atomic E-state index is 10.7. The number of hydrogen-bond acceptors (Lipinski definition) is 4. The second kappa shape index (κ2) is 7.29. The molecule has 0 atom stereocenters. The predicted molar refractivity (Wildman–Crippen MR) is 69.6 cm³/mol. The highest BCUT2D eigenvalue weighted by Gasteiger charge is 2.00. The average Bonchev–Trinajstić information content (AvgIpc) is 2.28. The Morgan fingerprint density at radius 1 is 1.12 bits per heavy atom. The van der Waals surface area contributed by atoms with Gasteiger partial charge in [0.05, 0.1) is 12.9 Å². The van der Waals surface area contributed by atoms with E-state index in [1.165, 1.54) is 0 Å². The second-order valence-corrected chi connectivity index (χ2v) is 5.52. The van der Waals surface area contributed by atoms with Crippen molar-refractivity contribution in [2.45, 2.75) is 19.3 Å². The lowest BCUT2D eigenvalue weighted by atomic mass is 10.2. The van der Waals surface area contributed by atoms with Gasteiger partial charge in [-0.05, 0) is 31.4 Å². The van der Waals surface area contributed by atoms with Crippen molar-refractivity contribution in [2.75, 3.05) is 24.7 Å². The lowest BCUT2D eigenvalue weighted by molar-refractivity contribution is 0.311. The highest BCUT2D eigenvalue weighted by atomic mass is 32.2. The van der Waals surface area contributed by atoms with E-state index in [-0.39, 0.29) is 6.61 Å². The number of para-hydroxylation sites is 1. The second-order valence-electron chi connectivity index (χ2n) is 3.88. The fourth-order valence-electron chi connectivity index (χ4n) is 1.40. The van der Waals surface area contributed by atoms with Crippen LogP contribution in [0.25, 0.3) is 0 Å². The van der Waals surface area contributed by atoms with Crippen molar-refractivity contribution in [3.63, 3.8) is 0 Å². The smallest absolute Gasteiger partial charge is 0.264 e. The predicted octanol–water partition coefficient (Wildman–Crippen LogP) is 2.25. The third kappa shape index (κ3) is 7.76. The van der Waals surface area contributed by atoms with Crippen LogP contribution in [0.15, 0.2) is 30.3 Å². The van der Waals surface area contributed by atoms with Crippen LogP contribution in [-0.4, -0.2) is 27.8 Å². The molecule has 0 aliphatic heterocycles. The van der Waals surface area contributed by atoms with Crippen LogP contribution in [0, 0.1) is 0 Å². The van der Waals surface area contributed by atoms with Gasteiger partial charge in [0.15, 0.2) is 0 Å². The van der Waals surface area contributed by atoms with Gasteiger partial charge in [-0.25, -0.2) is 0 Å². The average molecular weight is 257 g/mol. The Balaban J connectivity index is 1.99. The molecule has 96 valence electrons. The van der Waals surface area contributed by atoms with Crippen molar-refractivity contribution in [1.29, 1.82) is 0 Å². The Hall–Kier alpha value is -1.07. The normalized spacial score (nSPS) is 11.4. The minimum Gasteiger partial charge on any atom is -0.385 e. The van der Waals surface area contributed by atoms with E-state index in [1.54, 1.807) is 0 Å². The fraction of sp³-hybridized carbons (Fsp3) is 0.500. The fourth-order valence-corrected chi connectivity index (χ4v) is 1.82. The summed E-state index contributed by atoms with van der Waals surface area (Å²) in [4.78, 5) is 0. The van der Waals surface area contributed by atoms with E-state index in [9.17, 15) is 8.42 Å². The number of unbranched alkanes of at least 4 members (excludes halogenated alkanes) is 2. The van der Waals surface area contributed by atoms with Crippen molar-refractivity contribution in [3.05, 3.63) is 30.3 Å². The van der Waals surface area contributed by atoms with Gasteiger partial charge in [0, 0.05) is 12.2 Å². The Morgan fingerprint density at radius 2 is 1.82 bits per heavy atom. The molecule has 0 aromatic heterocycles. The van der Waals surface area contributed by atoms with Gasteiger partial charge in [-0.3, -0.25) is 4.18 Å². The first kappa shape index (κ1) is 14.0. The molecule has 0 bridgehead atoms. The molecule has 0 radical (unpaired) electrons. The summed E-state index contributed by atoms with van der Waals surface area (Å²) in [6.07, 6.45) is 3.80. The van der Waals surface area contributed by atoms with Crippen LogP contribution in [-0.2, 0) is 14.3 Å². The molecule has 0 aliphatic carbocycles. The van der Waals surface area contributed by atoms with Gasteiger partial charge < -0.3 is 5.32 Å². The van der Waals surface area contributed by atoms with Crippen LogP contribution in [0.1, 0.15) is 19.3 Å². The minimum atomic E-state index is -3.28. The summed E-state index contributed by atoms with van der Waals surface area (Å²) >= 11 is 0.